The second-order valence-electron chi connectivity index (χ2n) is 4.60. The number of hydrogen-bond acceptors (Lipinski definition) is 5. The van der Waals surface area contributed by atoms with E-state index in [9.17, 15) is 13.2 Å². The summed E-state index contributed by atoms with van der Waals surface area (Å²) in [6, 6.07) is 10.3. The molecule has 0 aliphatic carbocycles. The molecule has 1 amide bonds. The van der Waals surface area contributed by atoms with E-state index in [4.69, 9.17) is 11.6 Å². The molecule has 0 aliphatic heterocycles. The quantitative estimate of drug-likeness (QED) is 0.768. The fraction of sp³-hybridized carbons (Fsp3) is 0.214. The maximum absolute atomic E-state index is 12.3. The van der Waals surface area contributed by atoms with E-state index in [1.807, 2.05) is 24.5 Å². The molecule has 0 aliphatic rings. The van der Waals surface area contributed by atoms with E-state index >= 15 is 0 Å². The third kappa shape index (κ3) is 4.71. The molecular formula is C14H15ClN2O3S3. The van der Waals surface area contributed by atoms with Crippen LogP contribution in [0.15, 0.2) is 45.5 Å². The van der Waals surface area contributed by atoms with E-state index in [1.165, 1.54) is 19.2 Å². The molecular weight excluding hydrogens is 376 g/mol. The van der Waals surface area contributed by atoms with Crippen LogP contribution in [0.25, 0.3) is 0 Å². The van der Waals surface area contributed by atoms with Gasteiger partial charge in [-0.05, 0) is 36.6 Å². The summed E-state index contributed by atoms with van der Waals surface area (Å²) in [6.45, 7) is -0.276. The van der Waals surface area contributed by atoms with Gasteiger partial charge in [0, 0.05) is 17.6 Å². The summed E-state index contributed by atoms with van der Waals surface area (Å²) in [5.74, 6) is -0.406. The van der Waals surface area contributed by atoms with Gasteiger partial charge in [0.15, 0.2) is 0 Å². The summed E-state index contributed by atoms with van der Waals surface area (Å²) < 4.78 is 26.2. The molecule has 1 aromatic heterocycles. The minimum Gasteiger partial charge on any atom is -0.325 e. The van der Waals surface area contributed by atoms with Gasteiger partial charge in [0.2, 0.25) is 5.91 Å². The number of benzene rings is 1. The summed E-state index contributed by atoms with van der Waals surface area (Å²) in [4.78, 5) is 13.1. The summed E-state index contributed by atoms with van der Waals surface area (Å²) in [5.41, 5.74) is 0.631. The molecule has 0 saturated carbocycles. The van der Waals surface area contributed by atoms with Gasteiger partial charge in [0.25, 0.3) is 10.0 Å². The molecule has 23 heavy (non-hydrogen) atoms. The average Bonchev–Trinajstić information content (AvgIpc) is 2.94. The lowest BCUT2D eigenvalue weighted by Gasteiger charge is -2.15. The van der Waals surface area contributed by atoms with E-state index in [0.29, 0.717) is 10.0 Å². The van der Waals surface area contributed by atoms with E-state index < -0.39 is 15.9 Å². The van der Waals surface area contributed by atoms with E-state index in [-0.39, 0.29) is 10.8 Å². The van der Waals surface area contributed by atoms with Gasteiger partial charge in [-0.1, -0.05) is 17.7 Å². The molecule has 0 fully saturated rings. The number of hydrogen-bond donors (Lipinski definition) is 1. The van der Waals surface area contributed by atoms with Crippen molar-refractivity contribution in [2.75, 3.05) is 25.2 Å². The van der Waals surface area contributed by atoms with Gasteiger partial charge in [-0.2, -0.15) is 4.31 Å². The number of sulfonamides is 1. The Kier molecular flexibility index (Phi) is 6.10. The van der Waals surface area contributed by atoms with Crippen molar-refractivity contribution in [2.24, 2.45) is 0 Å². The van der Waals surface area contributed by atoms with Gasteiger partial charge in [-0.3, -0.25) is 4.79 Å². The Hall–Kier alpha value is -1.06. The molecule has 1 N–H and O–H groups in total. The standard InChI is InChI=1S/C14H15ClN2O3S3/c1-17(23(19,20)14-7-6-12(15)22-14)9-13(18)16-10-4-3-5-11(8-10)21-2/h3-8H,9H2,1-2H3,(H,16,18). The molecule has 0 saturated heterocycles. The van der Waals surface area contributed by atoms with Crippen LogP contribution in [0.1, 0.15) is 0 Å². The molecule has 2 aromatic rings. The van der Waals surface area contributed by atoms with Crippen molar-refractivity contribution in [3.05, 3.63) is 40.7 Å². The van der Waals surface area contributed by atoms with Gasteiger partial charge in [-0.15, -0.1) is 23.1 Å². The third-order valence-corrected chi connectivity index (χ3v) is 7.16. The van der Waals surface area contributed by atoms with Crippen molar-refractivity contribution in [3.8, 4) is 0 Å². The lowest BCUT2D eigenvalue weighted by molar-refractivity contribution is -0.116. The minimum absolute atomic E-state index is 0.113. The number of halogens is 1. The minimum atomic E-state index is -3.72. The number of nitrogens with zero attached hydrogens (tertiary/aromatic N) is 1. The number of likely N-dealkylation sites (N-methyl/N-ethyl adjacent to an activating group) is 1. The molecule has 1 aromatic carbocycles. The molecule has 5 nitrogen and oxygen atoms in total. The van der Waals surface area contributed by atoms with Crippen LogP contribution in [0.2, 0.25) is 4.34 Å². The fourth-order valence-corrected chi connectivity index (χ4v) is 5.06. The van der Waals surface area contributed by atoms with Crippen molar-refractivity contribution < 1.29 is 13.2 Å². The van der Waals surface area contributed by atoms with Crippen LogP contribution in [0.4, 0.5) is 5.69 Å². The third-order valence-electron chi connectivity index (χ3n) is 2.93. The van der Waals surface area contributed by atoms with Crippen LogP contribution in [0.5, 0.6) is 0 Å². The lowest BCUT2D eigenvalue weighted by atomic mass is 10.3. The van der Waals surface area contributed by atoms with E-state index in [0.717, 1.165) is 20.5 Å². The van der Waals surface area contributed by atoms with Crippen molar-refractivity contribution >= 4 is 56.3 Å². The Morgan fingerprint density at radius 2 is 2.09 bits per heavy atom. The highest BCUT2D eigenvalue weighted by atomic mass is 35.5. The summed E-state index contributed by atoms with van der Waals surface area (Å²) in [7, 11) is -2.35. The summed E-state index contributed by atoms with van der Waals surface area (Å²) >= 11 is 8.29. The first-order valence-corrected chi connectivity index (χ1v) is 10.3. The van der Waals surface area contributed by atoms with Crippen LogP contribution in [-0.4, -0.2) is 38.5 Å². The number of thiophene rings is 1. The number of nitrogens with one attached hydrogen (secondary N) is 1. The predicted octanol–water partition coefficient (Wildman–Crippen LogP) is 3.38. The normalized spacial score (nSPS) is 11.7. The molecule has 2 rings (SSSR count). The highest BCUT2D eigenvalue weighted by molar-refractivity contribution is 7.98. The smallest absolute Gasteiger partial charge is 0.252 e. The maximum atomic E-state index is 12.3. The monoisotopic (exact) mass is 390 g/mol. The SMILES string of the molecule is CSc1cccc(NC(=O)CN(C)S(=O)(=O)c2ccc(Cl)s2)c1. The van der Waals surface area contributed by atoms with Crippen molar-refractivity contribution in [1.82, 2.24) is 4.31 Å². The highest BCUT2D eigenvalue weighted by Gasteiger charge is 2.24. The summed E-state index contributed by atoms with van der Waals surface area (Å²) in [6.07, 6.45) is 1.94. The Morgan fingerprint density at radius 1 is 1.35 bits per heavy atom. The van der Waals surface area contributed by atoms with Crippen LogP contribution in [-0.2, 0) is 14.8 Å². The molecule has 124 valence electrons. The van der Waals surface area contributed by atoms with Crippen molar-refractivity contribution in [2.45, 2.75) is 9.10 Å². The van der Waals surface area contributed by atoms with Crippen LogP contribution in [0.3, 0.4) is 0 Å². The highest BCUT2D eigenvalue weighted by Crippen LogP contribution is 2.27. The predicted molar refractivity (Wildman–Crippen MR) is 96.0 cm³/mol. The van der Waals surface area contributed by atoms with E-state index in [2.05, 4.69) is 5.32 Å². The largest absolute Gasteiger partial charge is 0.325 e. The molecule has 0 unspecified atom stereocenters. The molecule has 9 heteroatoms. The second kappa shape index (κ2) is 7.67. The van der Waals surface area contributed by atoms with Crippen molar-refractivity contribution in [3.63, 3.8) is 0 Å². The average molecular weight is 391 g/mol. The van der Waals surface area contributed by atoms with E-state index in [1.54, 1.807) is 17.8 Å². The zero-order chi connectivity index (χ0) is 17.0. The Labute approximate surface area is 148 Å². The molecule has 0 bridgehead atoms. The van der Waals surface area contributed by atoms with Crippen molar-refractivity contribution in [1.29, 1.82) is 0 Å². The Bertz CT molecular complexity index is 805. The zero-order valence-corrected chi connectivity index (χ0v) is 15.7. The Morgan fingerprint density at radius 3 is 2.70 bits per heavy atom. The maximum Gasteiger partial charge on any atom is 0.252 e. The van der Waals surface area contributed by atoms with Crippen LogP contribution in [0, 0.1) is 0 Å². The first kappa shape index (κ1) is 18.3. The van der Waals surface area contributed by atoms with Gasteiger partial charge < -0.3 is 5.32 Å². The lowest BCUT2D eigenvalue weighted by Crippen LogP contribution is -2.34. The number of amides is 1. The molecule has 0 spiro atoms. The van der Waals surface area contributed by atoms with Gasteiger partial charge in [0.1, 0.15) is 4.21 Å². The number of anilines is 1. The molecule has 1 heterocycles. The molecule has 0 atom stereocenters. The Balaban J connectivity index is 2.04. The van der Waals surface area contributed by atoms with Crippen LogP contribution >= 0.6 is 34.7 Å². The first-order valence-electron chi connectivity index (χ1n) is 6.48. The topological polar surface area (TPSA) is 66.5 Å². The van der Waals surface area contributed by atoms with Crippen LogP contribution < -0.4 is 5.32 Å². The number of carbonyl (C=O) groups excluding carboxylic acids is 1. The van der Waals surface area contributed by atoms with Gasteiger partial charge >= 0.3 is 0 Å². The number of rotatable bonds is 6. The van der Waals surface area contributed by atoms with Gasteiger partial charge in [0.05, 0.1) is 10.9 Å². The molecule has 0 radical (unpaired) electrons. The van der Waals surface area contributed by atoms with Gasteiger partial charge in [-0.25, -0.2) is 8.42 Å². The first-order chi connectivity index (χ1) is 10.8. The number of thioether (sulfide) groups is 1. The summed E-state index contributed by atoms with van der Waals surface area (Å²) in [5, 5.41) is 2.70. The zero-order valence-electron chi connectivity index (χ0n) is 12.4. The number of carbonyl (C=O) groups is 1. The second-order valence-corrected chi connectivity index (χ2v) is 9.47. The fourth-order valence-electron chi connectivity index (χ4n) is 1.78.